The Balaban J connectivity index is 2.18. The Morgan fingerprint density at radius 3 is 2.24 bits per heavy atom. The van der Waals surface area contributed by atoms with E-state index < -0.39 is 0 Å². The van der Waals surface area contributed by atoms with Crippen molar-refractivity contribution in [3.63, 3.8) is 0 Å². The highest BCUT2D eigenvalue weighted by atomic mass is 35.5. The summed E-state index contributed by atoms with van der Waals surface area (Å²) in [5.74, 6) is 0.624. The lowest BCUT2D eigenvalue weighted by Gasteiger charge is -2.12. The zero-order chi connectivity index (χ0) is 12.3. The van der Waals surface area contributed by atoms with Crippen LogP contribution in [0.15, 0.2) is 41.1 Å². The first-order valence-corrected chi connectivity index (χ1v) is 7.36. The third kappa shape index (κ3) is 2.91. The van der Waals surface area contributed by atoms with Crippen LogP contribution in [0.2, 0.25) is 0 Å². The van der Waals surface area contributed by atoms with Crippen molar-refractivity contribution in [3.05, 3.63) is 57.8 Å². The lowest BCUT2D eigenvalue weighted by Crippen LogP contribution is -1.94. The molecule has 2 rings (SSSR count). The largest absolute Gasteiger partial charge is 0.152 e. The first-order chi connectivity index (χ1) is 8.22. The molecule has 1 aromatic carbocycles. The van der Waals surface area contributed by atoms with Gasteiger partial charge in [0.15, 0.2) is 0 Å². The fourth-order valence-electron chi connectivity index (χ4n) is 1.84. The summed E-state index contributed by atoms with van der Waals surface area (Å²) in [4.78, 5) is 0. The molecular weight excluding hydrogens is 248 g/mol. The average Bonchev–Trinajstić information content (AvgIpc) is 2.91. The first kappa shape index (κ1) is 12.7. The predicted octanol–water partition coefficient (Wildman–Crippen LogP) is 5.59. The minimum absolute atomic E-state index is 0.0211. The summed E-state index contributed by atoms with van der Waals surface area (Å²) in [6, 6.07) is 10.8. The SMILES string of the molecule is CCC(C)c1ccc(C(Cl)c2ccsc2)cc1. The summed E-state index contributed by atoms with van der Waals surface area (Å²) >= 11 is 8.14. The highest BCUT2D eigenvalue weighted by molar-refractivity contribution is 7.08. The summed E-state index contributed by atoms with van der Waals surface area (Å²) in [6.07, 6.45) is 1.17. The number of benzene rings is 1. The van der Waals surface area contributed by atoms with Crippen molar-refractivity contribution >= 4 is 22.9 Å². The molecule has 1 heterocycles. The van der Waals surface area contributed by atoms with E-state index in [1.807, 2.05) is 0 Å². The minimum atomic E-state index is -0.0211. The van der Waals surface area contributed by atoms with E-state index in [1.165, 1.54) is 23.1 Å². The van der Waals surface area contributed by atoms with Crippen LogP contribution in [0.4, 0.5) is 0 Å². The molecule has 0 aliphatic rings. The fraction of sp³-hybridized carbons (Fsp3) is 0.333. The van der Waals surface area contributed by atoms with E-state index in [9.17, 15) is 0 Å². The molecule has 0 fully saturated rings. The molecule has 0 amide bonds. The van der Waals surface area contributed by atoms with Crippen molar-refractivity contribution < 1.29 is 0 Å². The molecule has 2 aromatic rings. The van der Waals surface area contributed by atoms with Gasteiger partial charge >= 0.3 is 0 Å². The maximum absolute atomic E-state index is 6.45. The minimum Gasteiger partial charge on any atom is -0.152 e. The smallest absolute Gasteiger partial charge is 0.0843 e. The first-order valence-electron chi connectivity index (χ1n) is 5.98. The molecule has 2 unspecified atom stereocenters. The topological polar surface area (TPSA) is 0 Å². The van der Waals surface area contributed by atoms with E-state index in [0.717, 1.165) is 0 Å². The van der Waals surface area contributed by atoms with Gasteiger partial charge in [0.1, 0.15) is 0 Å². The van der Waals surface area contributed by atoms with Crippen LogP contribution in [0.25, 0.3) is 0 Å². The van der Waals surface area contributed by atoms with Crippen LogP contribution in [0.3, 0.4) is 0 Å². The van der Waals surface area contributed by atoms with Crippen molar-refractivity contribution in [2.24, 2.45) is 0 Å². The Morgan fingerprint density at radius 1 is 1.06 bits per heavy atom. The van der Waals surface area contributed by atoms with Crippen LogP contribution >= 0.6 is 22.9 Å². The zero-order valence-electron chi connectivity index (χ0n) is 10.2. The molecule has 0 aliphatic carbocycles. The highest BCUT2D eigenvalue weighted by Crippen LogP contribution is 2.31. The van der Waals surface area contributed by atoms with E-state index in [1.54, 1.807) is 11.3 Å². The van der Waals surface area contributed by atoms with Crippen molar-refractivity contribution in [1.82, 2.24) is 0 Å². The predicted molar refractivity (Wildman–Crippen MR) is 77.2 cm³/mol. The summed E-state index contributed by atoms with van der Waals surface area (Å²) in [7, 11) is 0. The van der Waals surface area contributed by atoms with E-state index in [2.05, 4.69) is 54.9 Å². The Morgan fingerprint density at radius 2 is 1.71 bits per heavy atom. The van der Waals surface area contributed by atoms with Gasteiger partial charge in [0.25, 0.3) is 0 Å². The highest BCUT2D eigenvalue weighted by Gasteiger charge is 2.11. The summed E-state index contributed by atoms with van der Waals surface area (Å²) in [6.45, 7) is 4.47. The maximum Gasteiger partial charge on any atom is 0.0843 e. The van der Waals surface area contributed by atoms with Crippen LogP contribution in [0.5, 0.6) is 0 Å². The van der Waals surface area contributed by atoms with Gasteiger partial charge in [0.2, 0.25) is 0 Å². The molecule has 0 nitrogen and oxygen atoms in total. The Kier molecular flexibility index (Phi) is 4.25. The Labute approximate surface area is 112 Å². The van der Waals surface area contributed by atoms with Crippen molar-refractivity contribution in [3.8, 4) is 0 Å². The van der Waals surface area contributed by atoms with E-state index in [4.69, 9.17) is 11.6 Å². The molecule has 0 spiro atoms. The molecule has 0 aliphatic heterocycles. The third-order valence-corrected chi connectivity index (χ3v) is 4.45. The monoisotopic (exact) mass is 264 g/mol. The maximum atomic E-state index is 6.45. The average molecular weight is 265 g/mol. The van der Waals surface area contributed by atoms with Crippen LogP contribution in [-0.4, -0.2) is 0 Å². The summed E-state index contributed by atoms with van der Waals surface area (Å²) < 4.78 is 0. The lowest BCUT2D eigenvalue weighted by molar-refractivity contribution is 0.733. The quantitative estimate of drug-likeness (QED) is 0.632. The number of alkyl halides is 1. The zero-order valence-corrected chi connectivity index (χ0v) is 11.8. The van der Waals surface area contributed by atoms with E-state index in [-0.39, 0.29) is 5.38 Å². The molecule has 0 N–H and O–H groups in total. The van der Waals surface area contributed by atoms with Gasteiger partial charge in [-0.05, 0) is 45.9 Å². The van der Waals surface area contributed by atoms with Gasteiger partial charge in [-0.25, -0.2) is 0 Å². The van der Waals surface area contributed by atoms with Gasteiger partial charge in [-0.2, -0.15) is 11.3 Å². The number of rotatable bonds is 4. The molecule has 0 saturated carbocycles. The Hall–Kier alpha value is -0.790. The van der Waals surface area contributed by atoms with Crippen LogP contribution in [0, 0.1) is 0 Å². The second-order valence-corrected chi connectivity index (χ2v) is 5.61. The van der Waals surface area contributed by atoms with Gasteiger partial charge in [0.05, 0.1) is 5.38 Å². The van der Waals surface area contributed by atoms with Crippen molar-refractivity contribution in [2.75, 3.05) is 0 Å². The fourth-order valence-corrected chi connectivity index (χ4v) is 2.88. The molecular formula is C15H17ClS. The molecule has 90 valence electrons. The van der Waals surface area contributed by atoms with Crippen LogP contribution in [0.1, 0.15) is 48.3 Å². The van der Waals surface area contributed by atoms with Gasteiger partial charge in [0, 0.05) is 0 Å². The molecule has 1 aromatic heterocycles. The molecule has 0 saturated heterocycles. The second kappa shape index (κ2) is 5.70. The number of halogens is 1. The standard InChI is InChI=1S/C15H17ClS/c1-3-11(2)12-4-6-13(7-5-12)15(16)14-8-9-17-10-14/h4-11,15H,3H2,1-2H3. The van der Waals surface area contributed by atoms with Crippen LogP contribution in [-0.2, 0) is 0 Å². The number of thiophene rings is 1. The molecule has 2 atom stereocenters. The van der Waals surface area contributed by atoms with E-state index >= 15 is 0 Å². The summed E-state index contributed by atoms with van der Waals surface area (Å²) in [5.41, 5.74) is 3.76. The number of hydrogen-bond acceptors (Lipinski definition) is 1. The summed E-state index contributed by atoms with van der Waals surface area (Å²) in [5, 5.41) is 4.16. The Bertz CT molecular complexity index is 444. The molecule has 17 heavy (non-hydrogen) atoms. The van der Waals surface area contributed by atoms with Crippen molar-refractivity contribution in [1.29, 1.82) is 0 Å². The third-order valence-electron chi connectivity index (χ3n) is 3.25. The molecule has 2 heteroatoms. The molecule has 0 radical (unpaired) electrons. The van der Waals surface area contributed by atoms with Gasteiger partial charge in [-0.15, -0.1) is 11.6 Å². The van der Waals surface area contributed by atoms with Crippen molar-refractivity contribution in [2.45, 2.75) is 31.6 Å². The van der Waals surface area contributed by atoms with Crippen LogP contribution < -0.4 is 0 Å². The van der Waals surface area contributed by atoms with Gasteiger partial charge in [-0.3, -0.25) is 0 Å². The van der Waals surface area contributed by atoms with E-state index in [0.29, 0.717) is 5.92 Å². The second-order valence-electron chi connectivity index (χ2n) is 4.40. The van der Waals surface area contributed by atoms with Gasteiger partial charge in [-0.1, -0.05) is 38.1 Å². The van der Waals surface area contributed by atoms with Gasteiger partial charge < -0.3 is 0 Å². The normalized spacial score (nSPS) is 14.5. The lowest BCUT2D eigenvalue weighted by atomic mass is 9.96. The number of hydrogen-bond donors (Lipinski definition) is 0. The molecule has 0 bridgehead atoms.